The van der Waals surface area contributed by atoms with Gasteiger partial charge in [-0.25, -0.2) is 13.1 Å². The molecule has 0 aromatic carbocycles. The summed E-state index contributed by atoms with van der Waals surface area (Å²) in [5, 5.41) is 0. The molecule has 0 aliphatic heterocycles. The fourth-order valence-electron chi connectivity index (χ4n) is 1.09. The van der Waals surface area contributed by atoms with Crippen molar-refractivity contribution >= 4 is 10.0 Å². The van der Waals surface area contributed by atoms with E-state index in [-0.39, 0.29) is 0 Å². The van der Waals surface area contributed by atoms with Crippen molar-refractivity contribution in [1.82, 2.24) is 9.62 Å². The maximum absolute atomic E-state index is 11.7. The van der Waals surface area contributed by atoms with E-state index in [1.54, 1.807) is 20.8 Å². The summed E-state index contributed by atoms with van der Waals surface area (Å²) in [6.45, 7) is 12.4. The molecule has 0 spiro atoms. The second kappa shape index (κ2) is 5.82. The third kappa shape index (κ3) is 4.95. The monoisotopic (exact) mass is 236 g/mol. The molecular weight excluding hydrogens is 212 g/mol. The van der Waals surface area contributed by atoms with E-state index >= 15 is 0 Å². The van der Waals surface area contributed by atoms with E-state index in [0.717, 1.165) is 19.6 Å². The summed E-state index contributed by atoms with van der Waals surface area (Å²) in [5.41, 5.74) is 0. The van der Waals surface area contributed by atoms with Crippen molar-refractivity contribution in [3.63, 3.8) is 0 Å². The molecule has 0 rings (SSSR count). The van der Waals surface area contributed by atoms with E-state index in [0.29, 0.717) is 6.54 Å². The van der Waals surface area contributed by atoms with Crippen molar-refractivity contribution in [3.05, 3.63) is 0 Å². The first-order valence-corrected chi connectivity index (χ1v) is 6.94. The molecule has 0 aromatic heterocycles. The van der Waals surface area contributed by atoms with Crippen molar-refractivity contribution in [2.24, 2.45) is 0 Å². The van der Waals surface area contributed by atoms with Crippen LogP contribution in [0.1, 0.15) is 34.6 Å². The summed E-state index contributed by atoms with van der Waals surface area (Å²) in [6.07, 6.45) is 0. The number of nitrogens with zero attached hydrogens (tertiary/aromatic N) is 1. The highest BCUT2D eigenvalue weighted by Crippen LogP contribution is 2.12. The smallest absolute Gasteiger partial charge is 0.216 e. The van der Waals surface area contributed by atoms with Gasteiger partial charge < -0.3 is 4.90 Å². The van der Waals surface area contributed by atoms with Crippen molar-refractivity contribution < 1.29 is 8.42 Å². The molecule has 1 N–H and O–H groups in total. The average Bonchev–Trinajstić information content (AvgIpc) is 2.10. The lowest BCUT2D eigenvalue weighted by molar-refractivity contribution is 0.308. The van der Waals surface area contributed by atoms with Crippen molar-refractivity contribution in [3.8, 4) is 0 Å². The maximum atomic E-state index is 11.7. The lowest BCUT2D eigenvalue weighted by Gasteiger charge is -2.22. The molecule has 4 nitrogen and oxygen atoms in total. The minimum atomic E-state index is -3.19. The van der Waals surface area contributed by atoms with Gasteiger partial charge in [0.15, 0.2) is 0 Å². The Kier molecular flexibility index (Phi) is 5.77. The molecule has 0 unspecified atom stereocenters. The summed E-state index contributed by atoms with van der Waals surface area (Å²) in [7, 11) is -3.19. The van der Waals surface area contributed by atoms with Crippen LogP contribution < -0.4 is 4.72 Å². The number of hydrogen-bond donors (Lipinski definition) is 1. The van der Waals surface area contributed by atoms with Crippen LogP contribution in [0.25, 0.3) is 0 Å². The van der Waals surface area contributed by atoms with Gasteiger partial charge in [-0.15, -0.1) is 0 Å². The molecule has 0 aliphatic carbocycles. The van der Waals surface area contributed by atoms with Gasteiger partial charge in [0.25, 0.3) is 0 Å². The van der Waals surface area contributed by atoms with E-state index in [1.807, 2.05) is 0 Å². The van der Waals surface area contributed by atoms with Crippen LogP contribution in [0.2, 0.25) is 0 Å². The van der Waals surface area contributed by atoms with Crippen LogP contribution in [0.15, 0.2) is 0 Å². The molecule has 0 saturated heterocycles. The molecule has 0 saturated carbocycles. The zero-order valence-electron chi connectivity index (χ0n) is 10.5. The van der Waals surface area contributed by atoms with Crippen molar-refractivity contribution in [2.45, 2.75) is 39.4 Å². The van der Waals surface area contributed by atoms with Crippen LogP contribution in [-0.4, -0.2) is 44.2 Å². The van der Waals surface area contributed by atoms with E-state index in [1.165, 1.54) is 0 Å². The molecular formula is C10H24N2O2S. The fraction of sp³-hybridized carbons (Fsp3) is 1.00. The lowest BCUT2D eigenvalue weighted by Crippen LogP contribution is -2.42. The molecule has 0 amide bonds. The molecule has 0 heterocycles. The second-order valence-electron chi connectivity index (χ2n) is 4.54. The third-order valence-electron chi connectivity index (χ3n) is 2.42. The molecule has 0 radical (unpaired) electrons. The van der Waals surface area contributed by atoms with Crippen LogP contribution in [0.5, 0.6) is 0 Å². The highest BCUT2D eigenvalue weighted by atomic mass is 32.2. The fourth-order valence-corrected chi connectivity index (χ4v) is 1.89. The van der Waals surface area contributed by atoms with Crippen LogP contribution in [-0.2, 0) is 10.0 Å². The topological polar surface area (TPSA) is 49.4 Å². The van der Waals surface area contributed by atoms with Gasteiger partial charge in [-0.2, -0.15) is 0 Å². The third-order valence-corrected chi connectivity index (χ3v) is 4.62. The molecule has 0 aromatic rings. The number of likely N-dealkylation sites (N-methyl/N-ethyl adjacent to an activating group) is 1. The number of sulfonamides is 1. The predicted octanol–water partition coefficient (Wildman–Crippen LogP) is 1.05. The Morgan fingerprint density at radius 2 is 1.60 bits per heavy atom. The highest BCUT2D eigenvalue weighted by molar-refractivity contribution is 7.90. The molecule has 0 atom stereocenters. The van der Waals surface area contributed by atoms with Crippen molar-refractivity contribution in [2.75, 3.05) is 26.2 Å². The van der Waals surface area contributed by atoms with Gasteiger partial charge in [-0.05, 0) is 33.9 Å². The Hall–Kier alpha value is -0.130. The zero-order valence-corrected chi connectivity index (χ0v) is 11.3. The Morgan fingerprint density at radius 1 is 1.13 bits per heavy atom. The average molecular weight is 236 g/mol. The highest BCUT2D eigenvalue weighted by Gasteiger charge is 2.28. The number of rotatable bonds is 6. The molecule has 15 heavy (non-hydrogen) atoms. The summed E-state index contributed by atoms with van der Waals surface area (Å²) in [4.78, 5) is 2.19. The van der Waals surface area contributed by atoms with Crippen LogP contribution >= 0.6 is 0 Å². The van der Waals surface area contributed by atoms with Crippen molar-refractivity contribution in [1.29, 1.82) is 0 Å². The van der Waals surface area contributed by atoms with E-state index in [4.69, 9.17) is 0 Å². The van der Waals surface area contributed by atoms with E-state index < -0.39 is 14.8 Å². The normalized spacial score (nSPS) is 13.5. The lowest BCUT2D eigenvalue weighted by atomic mass is 10.3. The number of nitrogens with one attached hydrogen (secondary N) is 1. The largest absolute Gasteiger partial charge is 0.303 e. The van der Waals surface area contributed by atoms with E-state index in [9.17, 15) is 8.42 Å². The Bertz CT molecular complexity index is 264. The Morgan fingerprint density at radius 3 is 1.93 bits per heavy atom. The first-order chi connectivity index (χ1) is 6.74. The summed E-state index contributed by atoms with van der Waals surface area (Å²) in [5.74, 6) is 0. The predicted molar refractivity (Wildman–Crippen MR) is 64.5 cm³/mol. The van der Waals surface area contributed by atoms with Gasteiger partial charge >= 0.3 is 0 Å². The first kappa shape index (κ1) is 14.9. The van der Waals surface area contributed by atoms with Gasteiger partial charge in [0.1, 0.15) is 0 Å². The minimum Gasteiger partial charge on any atom is -0.303 e. The van der Waals surface area contributed by atoms with Crippen LogP contribution in [0.4, 0.5) is 0 Å². The van der Waals surface area contributed by atoms with E-state index in [2.05, 4.69) is 23.5 Å². The second-order valence-corrected chi connectivity index (χ2v) is 7.06. The standard InChI is InChI=1S/C10H24N2O2S/c1-6-12(7-2)9-8-11-15(13,14)10(3,4)5/h11H,6-9H2,1-5H3. The van der Waals surface area contributed by atoms with Gasteiger partial charge in [0, 0.05) is 13.1 Å². The maximum Gasteiger partial charge on any atom is 0.216 e. The van der Waals surface area contributed by atoms with Gasteiger partial charge in [0.2, 0.25) is 10.0 Å². The zero-order chi connectivity index (χ0) is 12.1. The van der Waals surface area contributed by atoms with Crippen LogP contribution in [0.3, 0.4) is 0 Å². The Balaban J connectivity index is 4.07. The number of hydrogen-bond acceptors (Lipinski definition) is 3. The molecule has 5 heteroatoms. The quantitative estimate of drug-likeness (QED) is 0.750. The molecule has 0 aliphatic rings. The first-order valence-electron chi connectivity index (χ1n) is 5.46. The summed E-state index contributed by atoms with van der Waals surface area (Å²) < 4.78 is 25.3. The minimum absolute atomic E-state index is 0.487. The molecule has 0 bridgehead atoms. The molecule has 0 fully saturated rings. The van der Waals surface area contributed by atoms with Crippen LogP contribution in [0, 0.1) is 0 Å². The summed E-state index contributed by atoms with van der Waals surface area (Å²) >= 11 is 0. The Labute approximate surface area is 94.1 Å². The van der Waals surface area contributed by atoms with Gasteiger partial charge in [0.05, 0.1) is 4.75 Å². The van der Waals surface area contributed by atoms with Gasteiger partial charge in [-0.3, -0.25) is 0 Å². The van der Waals surface area contributed by atoms with Gasteiger partial charge in [-0.1, -0.05) is 13.8 Å². The molecule has 92 valence electrons. The SMILES string of the molecule is CCN(CC)CCNS(=O)(=O)C(C)(C)C. The summed E-state index contributed by atoms with van der Waals surface area (Å²) in [6, 6.07) is 0.